The van der Waals surface area contributed by atoms with E-state index < -0.39 is 41.9 Å². The largest absolute Gasteiger partial charge is 0.423 e. The monoisotopic (exact) mass is 298 g/mol. The van der Waals surface area contributed by atoms with Crippen molar-refractivity contribution in [2.45, 2.75) is 55.7 Å². The third-order valence-corrected chi connectivity index (χ3v) is 4.51. The van der Waals surface area contributed by atoms with Crippen molar-refractivity contribution in [1.29, 1.82) is 0 Å². The molecule has 9 heteroatoms. The molecule has 1 aliphatic carbocycles. The molecule has 0 saturated heterocycles. The molecule has 0 atom stereocenters. The van der Waals surface area contributed by atoms with Gasteiger partial charge >= 0.3 is 17.8 Å². The predicted octanol–water partition coefficient (Wildman–Crippen LogP) is 2.47. The van der Waals surface area contributed by atoms with E-state index >= 15 is 0 Å². The summed E-state index contributed by atoms with van der Waals surface area (Å²) in [5, 5.41) is 0. The van der Waals surface area contributed by atoms with Gasteiger partial charge in [0.15, 0.2) is 0 Å². The van der Waals surface area contributed by atoms with Gasteiger partial charge in [-0.05, 0) is 26.7 Å². The van der Waals surface area contributed by atoms with Crippen LogP contribution in [0.5, 0.6) is 0 Å². The molecule has 1 aliphatic rings. The van der Waals surface area contributed by atoms with Crippen molar-refractivity contribution in [3.05, 3.63) is 0 Å². The van der Waals surface area contributed by atoms with E-state index in [2.05, 4.69) is 0 Å². The molecule has 1 saturated carbocycles. The molecule has 0 aromatic carbocycles. The van der Waals surface area contributed by atoms with Crippen LogP contribution >= 0.6 is 0 Å². The first-order valence-electron chi connectivity index (χ1n) is 5.14. The van der Waals surface area contributed by atoms with Crippen molar-refractivity contribution in [3.8, 4) is 0 Å². The average molecular weight is 298 g/mol. The quantitative estimate of drug-likeness (QED) is 0.572. The number of rotatable bonds is 4. The molecule has 0 spiro atoms. The van der Waals surface area contributed by atoms with Crippen molar-refractivity contribution < 1.29 is 35.2 Å². The van der Waals surface area contributed by atoms with E-state index in [-0.39, 0.29) is 10.5 Å². The first kappa shape index (κ1) is 15.7. The summed E-state index contributed by atoms with van der Waals surface area (Å²) in [4.78, 5) is 0. The fraction of sp³-hybridized carbons (Fsp3) is 1.00. The molecule has 1 fully saturated rings. The Morgan fingerprint density at radius 3 is 1.61 bits per heavy atom. The molecule has 1 rings (SSSR count). The molecule has 18 heavy (non-hydrogen) atoms. The lowest BCUT2D eigenvalue weighted by atomic mass is 9.66. The average Bonchev–Trinajstić information content (AvgIpc) is 2.24. The topological polar surface area (TPSA) is 9.23 Å². The lowest BCUT2D eigenvalue weighted by Crippen LogP contribution is -2.84. The Morgan fingerprint density at radius 1 is 0.889 bits per heavy atom. The van der Waals surface area contributed by atoms with Crippen molar-refractivity contribution in [2.75, 3.05) is 0 Å². The molecule has 0 unspecified atom stereocenters. The lowest BCUT2D eigenvalue weighted by molar-refractivity contribution is -0.474. The lowest BCUT2D eigenvalue weighted by Gasteiger charge is -2.54. The van der Waals surface area contributed by atoms with Crippen LogP contribution < -0.4 is 0 Å². The van der Waals surface area contributed by atoms with E-state index in [0.29, 0.717) is 0 Å². The Kier molecular flexibility index (Phi) is 3.36. The van der Waals surface area contributed by atoms with Crippen LogP contribution in [-0.4, -0.2) is 39.5 Å². The first-order valence-corrected chi connectivity index (χ1v) is 5.96. The van der Waals surface area contributed by atoms with Gasteiger partial charge in [-0.1, -0.05) is 0 Å². The van der Waals surface area contributed by atoms with E-state index in [1.165, 1.54) is 13.8 Å². The van der Waals surface area contributed by atoms with Crippen molar-refractivity contribution >= 4 is 10.5 Å². The van der Waals surface area contributed by atoms with Crippen LogP contribution in [0.4, 0.5) is 30.7 Å². The molecular weight excluding hydrogens is 285 g/mol. The molecule has 0 aromatic rings. The summed E-state index contributed by atoms with van der Waals surface area (Å²) >= 11 is 0. The van der Waals surface area contributed by atoms with E-state index in [1.807, 2.05) is 0 Å². The highest BCUT2D eigenvalue weighted by Gasteiger charge is 2.99. The zero-order valence-corrected chi connectivity index (χ0v) is 12.0. The van der Waals surface area contributed by atoms with Crippen LogP contribution in [0.3, 0.4) is 0 Å². The Morgan fingerprint density at radius 2 is 1.28 bits per heavy atom. The van der Waals surface area contributed by atoms with Gasteiger partial charge in [0.05, 0.1) is 0 Å². The van der Waals surface area contributed by atoms with Crippen LogP contribution in [0.1, 0.15) is 26.7 Å². The Hall–Kier alpha value is -0.313. The van der Waals surface area contributed by atoms with Gasteiger partial charge in [-0.25, -0.2) is 4.39 Å². The van der Waals surface area contributed by atoms with Crippen molar-refractivity contribution in [3.63, 3.8) is 0 Å². The number of hydrogen-bond donors (Lipinski definition) is 0. The summed E-state index contributed by atoms with van der Waals surface area (Å²) in [7, 11) is 0.188. The van der Waals surface area contributed by atoms with Crippen LogP contribution in [0.15, 0.2) is 0 Å². The van der Waals surface area contributed by atoms with Gasteiger partial charge in [-0.15, -0.1) is 0 Å². The molecule has 0 amide bonds. The van der Waals surface area contributed by atoms with E-state index in [9.17, 15) is 30.7 Å². The molecule has 0 aliphatic heterocycles. The maximum atomic E-state index is 13.6. The number of hydrogen-bond acceptors (Lipinski definition) is 1. The highest BCUT2D eigenvalue weighted by molar-refractivity contribution is 5.98. The molecule has 1 nitrogen and oxygen atoms in total. The summed E-state index contributed by atoms with van der Waals surface area (Å²) < 4.78 is 95.1. The third-order valence-electron chi connectivity index (χ3n) is 3.41. The van der Waals surface area contributed by atoms with E-state index in [0.717, 1.165) is 0 Å². The maximum Gasteiger partial charge on any atom is 0.379 e. The Labute approximate surface area is 102 Å². The second kappa shape index (κ2) is 3.84. The van der Waals surface area contributed by atoms with Crippen LogP contribution in [0, 0.1) is 0 Å². The second-order valence-corrected chi connectivity index (χ2v) is 5.40. The molecule has 108 valence electrons. The highest BCUT2D eigenvalue weighted by atomic mass is 28.2. The maximum absolute atomic E-state index is 13.6. The third kappa shape index (κ3) is 1.62. The molecule has 0 aromatic heterocycles. The van der Waals surface area contributed by atoms with Gasteiger partial charge in [-0.3, -0.25) is 0 Å². The fourth-order valence-electron chi connectivity index (χ4n) is 1.72. The fourth-order valence-corrected chi connectivity index (χ4v) is 1.92. The van der Waals surface area contributed by atoms with Gasteiger partial charge in [0.2, 0.25) is 5.67 Å². The summed E-state index contributed by atoms with van der Waals surface area (Å²) in [6, 6.07) is 0. The van der Waals surface area contributed by atoms with Crippen LogP contribution in [0.2, 0.25) is 0 Å². The van der Waals surface area contributed by atoms with Gasteiger partial charge in [-0.2, -0.15) is 26.3 Å². The zero-order chi connectivity index (χ0) is 14.6. The van der Waals surface area contributed by atoms with Crippen LogP contribution in [0.25, 0.3) is 0 Å². The normalized spacial score (nSPS) is 27.8. The summed E-state index contributed by atoms with van der Waals surface area (Å²) in [6.07, 6.45) is -1.90. The van der Waals surface area contributed by atoms with Crippen molar-refractivity contribution in [2.24, 2.45) is 0 Å². The summed E-state index contributed by atoms with van der Waals surface area (Å²) in [5.41, 5.74) is -5.62. The molecular formula is C9H13F7OSi. The van der Waals surface area contributed by atoms with E-state index in [4.69, 9.17) is 4.43 Å². The minimum atomic E-state index is -5.65. The number of alkyl halides is 7. The highest BCUT2D eigenvalue weighted by Crippen LogP contribution is 2.70. The molecule has 0 radical (unpaired) electrons. The SMILES string of the molecule is CC(C)(CCC1(F)C(F)(F)C(F)(F)C1(F)F)O[SiH3]. The van der Waals surface area contributed by atoms with Crippen LogP contribution in [-0.2, 0) is 4.43 Å². The van der Waals surface area contributed by atoms with Crippen molar-refractivity contribution in [1.82, 2.24) is 0 Å². The van der Waals surface area contributed by atoms with Gasteiger partial charge < -0.3 is 4.43 Å². The number of halogens is 7. The Bertz CT molecular complexity index is 324. The van der Waals surface area contributed by atoms with Gasteiger partial charge in [0.25, 0.3) is 0 Å². The van der Waals surface area contributed by atoms with Gasteiger partial charge in [0.1, 0.15) is 10.5 Å². The standard InChI is InChI=1S/C9H13F7OSi/c1-5(2,17-18)3-4-6(10)7(11,12)9(15,16)8(6,13)14/h3-4H2,1-2,18H3. The Balaban J connectivity index is 2.94. The van der Waals surface area contributed by atoms with Gasteiger partial charge in [0, 0.05) is 5.60 Å². The molecule has 0 N–H and O–H groups in total. The summed E-state index contributed by atoms with van der Waals surface area (Å²) in [5.74, 6) is -16.4. The first-order chi connectivity index (χ1) is 7.77. The zero-order valence-electron chi connectivity index (χ0n) is 9.97. The molecule has 0 heterocycles. The molecule has 0 bridgehead atoms. The van der Waals surface area contributed by atoms with E-state index in [1.54, 1.807) is 0 Å². The summed E-state index contributed by atoms with van der Waals surface area (Å²) in [6.45, 7) is 2.77. The second-order valence-electron chi connectivity index (χ2n) is 4.99. The minimum Gasteiger partial charge on any atom is -0.423 e. The smallest absolute Gasteiger partial charge is 0.379 e. The predicted molar refractivity (Wildman–Crippen MR) is 53.0 cm³/mol. The minimum absolute atomic E-state index is 0.188.